The SMILES string of the molecule is O=C(NCCc1ccccc1F)NC1CCOc2ccc(Br)cc21. The normalized spacial score (nSPS) is 16.0. The second kappa shape index (κ2) is 7.66. The van der Waals surface area contributed by atoms with Crippen LogP contribution in [0.15, 0.2) is 46.9 Å². The molecule has 2 aromatic rings. The van der Waals surface area contributed by atoms with Crippen molar-refractivity contribution in [2.75, 3.05) is 13.2 Å². The summed E-state index contributed by atoms with van der Waals surface area (Å²) in [7, 11) is 0. The zero-order chi connectivity index (χ0) is 16.9. The van der Waals surface area contributed by atoms with Crippen LogP contribution in [0.5, 0.6) is 5.75 Å². The molecule has 1 atom stereocenters. The van der Waals surface area contributed by atoms with Crippen LogP contribution in [-0.4, -0.2) is 19.2 Å². The van der Waals surface area contributed by atoms with Crippen LogP contribution in [0.4, 0.5) is 9.18 Å². The van der Waals surface area contributed by atoms with Gasteiger partial charge in [-0.2, -0.15) is 0 Å². The van der Waals surface area contributed by atoms with Crippen molar-refractivity contribution in [3.63, 3.8) is 0 Å². The number of hydrogen-bond acceptors (Lipinski definition) is 2. The maximum Gasteiger partial charge on any atom is 0.315 e. The summed E-state index contributed by atoms with van der Waals surface area (Å²) in [5.41, 5.74) is 1.55. The highest BCUT2D eigenvalue weighted by Gasteiger charge is 2.23. The zero-order valence-electron chi connectivity index (χ0n) is 13.0. The smallest absolute Gasteiger partial charge is 0.315 e. The van der Waals surface area contributed by atoms with Crippen LogP contribution < -0.4 is 15.4 Å². The number of fused-ring (bicyclic) bond motifs is 1. The lowest BCUT2D eigenvalue weighted by Gasteiger charge is -2.27. The highest BCUT2D eigenvalue weighted by molar-refractivity contribution is 9.10. The van der Waals surface area contributed by atoms with Crippen LogP contribution >= 0.6 is 15.9 Å². The van der Waals surface area contributed by atoms with Crippen LogP contribution in [0.3, 0.4) is 0 Å². The highest BCUT2D eigenvalue weighted by Crippen LogP contribution is 2.33. The Bertz CT molecular complexity index is 739. The summed E-state index contributed by atoms with van der Waals surface area (Å²) in [6.07, 6.45) is 1.17. The van der Waals surface area contributed by atoms with Gasteiger partial charge in [-0.05, 0) is 36.2 Å². The highest BCUT2D eigenvalue weighted by atomic mass is 79.9. The van der Waals surface area contributed by atoms with Gasteiger partial charge in [-0.25, -0.2) is 9.18 Å². The van der Waals surface area contributed by atoms with E-state index in [0.717, 1.165) is 15.8 Å². The molecule has 0 spiro atoms. The Labute approximate surface area is 148 Å². The molecule has 0 aromatic heterocycles. The first-order valence-electron chi connectivity index (χ1n) is 7.83. The quantitative estimate of drug-likeness (QED) is 0.827. The fourth-order valence-electron chi connectivity index (χ4n) is 2.74. The van der Waals surface area contributed by atoms with Gasteiger partial charge < -0.3 is 15.4 Å². The molecule has 0 aliphatic carbocycles. The summed E-state index contributed by atoms with van der Waals surface area (Å²) in [5, 5.41) is 5.74. The van der Waals surface area contributed by atoms with E-state index in [0.29, 0.717) is 31.6 Å². The number of rotatable bonds is 4. The van der Waals surface area contributed by atoms with Gasteiger partial charge in [0.05, 0.1) is 12.6 Å². The van der Waals surface area contributed by atoms with Gasteiger partial charge in [0.2, 0.25) is 0 Å². The molecule has 0 saturated carbocycles. The summed E-state index contributed by atoms with van der Waals surface area (Å²) < 4.78 is 20.1. The van der Waals surface area contributed by atoms with E-state index in [4.69, 9.17) is 4.74 Å². The fourth-order valence-corrected chi connectivity index (χ4v) is 3.12. The Morgan fingerprint density at radius 1 is 1.29 bits per heavy atom. The number of halogens is 2. The minimum atomic E-state index is -0.260. The molecule has 1 heterocycles. The molecule has 1 aliphatic heterocycles. The Morgan fingerprint density at radius 3 is 2.96 bits per heavy atom. The predicted molar refractivity (Wildman–Crippen MR) is 93.6 cm³/mol. The van der Waals surface area contributed by atoms with E-state index in [9.17, 15) is 9.18 Å². The van der Waals surface area contributed by atoms with E-state index in [2.05, 4.69) is 26.6 Å². The molecule has 0 fully saturated rings. The third-order valence-electron chi connectivity index (χ3n) is 3.95. The van der Waals surface area contributed by atoms with Crippen LogP contribution in [0.1, 0.15) is 23.6 Å². The molecule has 24 heavy (non-hydrogen) atoms. The molecule has 1 aliphatic rings. The minimum Gasteiger partial charge on any atom is -0.493 e. The second-order valence-electron chi connectivity index (χ2n) is 5.61. The number of urea groups is 1. The van der Waals surface area contributed by atoms with E-state index in [-0.39, 0.29) is 17.9 Å². The summed E-state index contributed by atoms with van der Waals surface area (Å²) in [5.74, 6) is 0.545. The summed E-state index contributed by atoms with van der Waals surface area (Å²) in [4.78, 5) is 12.1. The van der Waals surface area contributed by atoms with Crippen molar-refractivity contribution in [1.29, 1.82) is 0 Å². The molecular weight excluding hydrogens is 375 g/mol. The first-order chi connectivity index (χ1) is 11.6. The fraction of sp³-hybridized carbons (Fsp3) is 0.278. The van der Waals surface area contributed by atoms with Crippen molar-refractivity contribution in [2.45, 2.75) is 18.9 Å². The molecule has 1 unspecified atom stereocenters. The van der Waals surface area contributed by atoms with E-state index in [1.54, 1.807) is 18.2 Å². The van der Waals surface area contributed by atoms with Crippen molar-refractivity contribution in [3.05, 3.63) is 63.9 Å². The third-order valence-corrected chi connectivity index (χ3v) is 4.45. The second-order valence-corrected chi connectivity index (χ2v) is 6.53. The largest absolute Gasteiger partial charge is 0.493 e. The van der Waals surface area contributed by atoms with E-state index >= 15 is 0 Å². The van der Waals surface area contributed by atoms with Gasteiger partial charge in [0.1, 0.15) is 11.6 Å². The summed E-state index contributed by atoms with van der Waals surface area (Å²) in [6.45, 7) is 0.941. The van der Waals surface area contributed by atoms with Gasteiger partial charge in [-0.1, -0.05) is 34.1 Å². The van der Waals surface area contributed by atoms with Crippen LogP contribution in [0.2, 0.25) is 0 Å². The molecule has 0 radical (unpaired) electrons. The molecule has 2 amide bonds. The number of carbonyl (C=O) groups excluding carboxylic acids is 1. The van der Waals surface area contributed by atoms with Gasteiger partial charge in [-0.15, -0.1) is 0 Å². The van der Waals surface area contributed by atoms with E-state index in [1.807, 2.05) is 18.2 Å². The first-order valence-corrected chi connectivity index (χ1v) is 8.63. The average Bonchev–Trinajstić information content (AvgIpc) is 2.57. The Kier molecular flexibility index (Phi) is 5.35. The standard InChI is InChI=1S/C18H18BrFN2O2/c19-13-5-6-17-14(11-13)16(8-10-24-17)22-18(23)21-9-7-12-3-1-2-4-15(12)20/h1-6,11,16H,7-10H2,(H2,21,22,23). The van der Waals surface area contributed by atoms with Gasteiger partial charge in [-0.3, -0.25) is 0 Å². The van der Waals surface area contributed by atoms with Crippen molar-refractivity contribution < 1.29 is 13.9 Å². The summed E-state index contributed by atoms with van der Waals surface area (Å²) in [6, 6.07) is 12.0. The molecule has 3 rings (SSSR count). The molecule has 126 valence electrons. The molecule has 4 nitrogen and oxygen atoms in total. The van der Waals surface area contributed by atoms with Gasteiger partial charge >= 0.3 is 6.03 Å². The zero-order valence-corrected chi connectivity index (χ0v) is 14.6. The lowest BCUT2D eigenvalue weighted by atomic mass is 10.0. The maximum absolute atomic E-state index is 13.5. The molecule has 2 N–H and O–H groups in total. The topological polar surface area (TPSA) is 50.4 Å². The molecule has 0 saturated heterocycles. The number of amides is 2. The molecule has 2 aromatic carbocycles. The molecule has 6 heteroatoms. The molecular formula is C18H18BrFN2O2. The Hall–Kier alpha value is -2.08. The average molecular weight is 393 g/mol. The Balaban J connectivity index is 1.55. The third kappa shape index (κ3) is 4.06. The Morgan fingerprint density at radius 2 is 2.12 bits per heavy atom. The number of hydrogen-bond donors (Lipinski definition) is 2. The summed E-state index contributed by atoms with van der Waals surface area (Å²) >= 11 is 3.44. The van der Waals surface area contributed by atoms with Crippen LogP contribution in [0, 0.1) is 5.82 Å². The number of ether oxygens (including phenoxy) is 1. The van der Waals surface area contributed by atoms with E-state index < -0.39 is 0 Å². The minimum absolute atomic E-state index is 0.0975. The number of carbonyl (C=O) groups is 1. The molecule has 0 bridgehead atoms. The van der Waals surface area contributed by atoms with Crippen molar-refractivity contribution in [2.24, 2.45) is 0 Å². The van der Waals surface area contributed by atoms with Crippen molar-refractivity contribution in [3.8, 4) is 5.75 Å². The van der Waals surface area contributed by atoms with Gasteiger partial charge in [0.15, 0.2) is 0 Å². The van der Waals surface area contributed by atoms with Crippen molar-refractivity contribution >= 4 is 22.0 Å². The van der Waals surface area contributed by atoms with Crippen LogP contribution in [0.25, 0.3) is 0 Å². The lowest BCUT2D eigenvalue weighted by molar-refractivity contribution is 0.223. The first kappa shape index (κ1) is 16.8. The van der Waals surface area contributed by atoms with E-state index in [1.165, 1.54) is 6.07 Å². The predicted octanol–water partition coefficient (Wildman–Crippen LogP) is 3.95. The van der Waals surface area contributed by atoms with Gasteiger partial charge in [0, 0.05) is 23.0 Å². The van der Waals surface area contributed by atoms with Crippen LogP contribution in [-0.2, 0) is 6.42 Å². The maximum atomic E-state index is 13.5. The number of nitrogens with one attached hydrogen (secondary N) is 2. The van der Waals surface area contributed by atoms with Crippen molar-refractivity contribution in [1.82, 2.24) is 10.6 Å². The monoisotopic (exact) mass is 392 g/mol. The lowest BCUT2D eigenvalue weighted by Crippen LogP contribution is -2.40. The number of benzene rings is 2. The van der Waals surface area contributed by atoms with Gasteiger partial charge in [0.25, 0.3) is 0 Å².